The van der Waals surface area contributed by atoms with Crippen LogP contribution in [0.1, 0.15) is 17.3 Å². The van der Waals surface area contributed by atoms with Crippen LogP contribution < -0.4 is 15.8 Å². The van der Waals surface area contributed by atoms with E-state index in [1.54, 1.807) is 6.92 Å². The van der Waals surface area contributed by atoms with Crippen molar-refractivity contribution in [1.29, 1.82) is 0 Å². The number of halogens is 3. The van der Waals surface area contributed by atoms with Gasteiger partial charge in [0.15, 0.2) is 6.61 Å². The quantitative estimate of drug-likeness (QED) is 0.815. The zero-order valence-corrected chi connectivity index (χ0v) is 9.67. The molecule has 0 saturated heterocycles. The molecule has 7 heteroatoms. The van der Waals surface area contributed by atoms with E-state index in [1.807, 2.05) is 0 Å². The third-order valence-electron chi connectivity index (χ3n) is 2.00. The van der Waals surface area contributed by atoms with Gasteiger partial charge in [0.2, 0.25) is 0 Å². The Balaban J connectivity index is 2.77. The van der Waals surface area contributed by atoms with Crippen LogP contribution in [-0.4, -0.2) is 25.2 Å². The monoisotopic (exact) mass is 262 g/mol. The summed E-state index contributed by atoms with van der Waals surface area (Å²) in [5.74, 6) is -0.438. The SMILES string of the molecule is CCNC(=O)c1ccc(OCC(F)(F)F)c(N)c1. The van der Waals surface area contributed by atoms with Crippen molar-refractivity contribution >= 4 is 11.6 Å². The number of hydrogen-bond acceptors (Lipinski definition) is 3. The van der Waals surface area contributed by atoms with Crippen molar-refractivity contribution in [3.63, 3.8) is 0 Å². The van der Waals surface area contributed by atoms with E-state index in [0.29, 0.717) is 6.54 Å². The molecule has 0 aliphatic carbocycles. The van der Waals surface area contributed by atoms with E-state index in [4.69, 9.17) is 5.73 Å². The fraction of sp³-hybridized carbons (Fsp3) is 0.364. The van der Waals surface area contributed by atoms with Crippen LogP contribution >= 0.6 is 0 Å². The molecule has 0 heterocycles. The minimum atomic E-state index is -4.43. The third kappa shape index (κ3) is 4.15. The summed E-state index contributed by atoms with van der Waals surface area (Å²) < 4.78 is 40.4. The summed E-state index contributed by atoms with van der Waals surface area (Å²) in [6.45, 7) is 0.783. The number of rotatable bonds is 4. The molecule has 0 radical (unpaired) electrons. The standard InChI is InChI=1S/C11H13F3N2O2/c1-2-16-10(17)7-3-4-9(8(15)5-7)18-6-11(12,13)14/h3-5H,2,6,15H2,1H3,(H,16,17). The summed E-state index contributed by atoms with van der Waals surface area (Å²) in [7, 11) is 0. The number of carbonyl (C=O) groups excluding carboxylic acids is 1. The summed E-state index contributed by atoms with van der Waals surface area (Å²) in [5, 5.41) is 2.55. The molecule has 4 nitrogen and oxygen atoms in total. The molecule has 1 aromatic carbocycles. The van der Waals surface area contributed by atoms with Gasteiger partial charge in [-0.05, 0) is 25.1 Å². The van der Waals surface area contributed by atoms with E-state index < -0.39 is 12.8 Å². The molecule has 0 aromatic heterocycles. The molecule has 1 amide bonds. The number of anilines is 1. The van der Waals surface area contributed by atoms with E-state index in [2.05, 4.69) is 10.1 Å². The second kappa shape index (κ2) is 5.61. The lowest BCUT2D eigenvalue weighted by Crippen LogP contribution is -2.23. The second-order valence-corrected chi connectivity index (χ2v) is 3.52. The van der Waals surface area contributed by atoms with Crippen LogP contribution in [0.2, 0.25) is 0 Å². The van der Waals surface area contributed by atoms with Crippen LogP contribution in [0.25, 0.3) is 0 Å². The number of benzene rings is 1. The van der Waals surface area contributed by atoms with Crippen LogP contribution in [0.15, 0.2) is 18.2 Å². The first-order chi connectivity index (χ1) is 8.33. The Morgan fingerprint density at radius 1 is 1.44 bits per heavy atom. The number of amides is 1. The van der Waals surface area contributed by atoms with Crippen molar-refractivity contribution < 1.29 is 22.7 Å². The van der Waals surface area contributed by atoms with Crippen molar-refractivity contribution in [3.8, 4) is 5.75 Å². The average molecular weight is 262 g/mol. The van der Waals surface area contributed by atoms with Crippen molar-refractivity contribution in [3.05, 3.63) is 23.8 Å². The van der Waals surface area contributed by atoms with Gasteiger partial charge in [0, 0.05) is 12.1 Å². The Morgan fingerprint density at radius 2 is 2.11 bits per heavy atom. The average Bonchev–Trinajstić information content (AvgIpc) is 2.26. The van der Waals surface area contributed by atoms with Crippen molar-refractivity contribution in [2.75, 3.05) is 18.9 Å². The fourth-order valence-electron chi connectivity index (χ4n) is 1.24. The molecule has 0 fully saturated rings. The van der Waals surface area contributed by atoms with Crippen molar-refractivity contribution in [1.82, 2.24) is 5.32 Å². The minimum Gasteiger partial charge on any atom is -0.482 e. The van der Waals surface area contributed by atoms with Gasteiger partial charge in [0.05, 0.1) is 5.69 Å². The Morgan fingerprint density at radius 3 is 2.61 bits per heavy atom. The largest absolute Gasteiger partial charge is 0.482 e. The molecule has 0 aliphatic heterocycles. The maximum Gasteiger partial charge on any atom is 0.422 e. The van der Waals surface area contributed by atoms with Gasteiger partial charge in [0.25, 0.3) is 5.91 Å². The van der Waals surface area contributed by atoms with Crippen LogP contribution in [0, 0.1) is 0 Å². The van der Waals surface area contributed by atoms with Gasteiger partial charge in [0.1, 0.15) is 5.75 Å². The van der Waals surface area contributed by atoms with Gasteiger partial charge in [-0.3, -0.25) is 4.79 Å². The molecule has 0 atom stereocenters. The summed E-state index contributed by atoms with van der Waals surface area (Å²) in [6, 6.07) is 3.87. The van der Waals surface area contributed by atoms with Gasteiger partial charge in [-0.25, -0.2) is 0 Å². The van der Waals surface area contributed by atoms with Gasteiger partial charge in [-0.2, -0.15) is 13.2 Å². The molecule has 18 heavy (non-hydrogen) atoms. The van der Waals surface area contributed by atoms with Crippen LogP contribution in [0.4, 0.5) is 18.9 Å². The first kappa shape index (κ1) is 14.1. The number of nitrogens with two attached hydrogens (primary N) is 1. The van der Waals surface area contributed by atoms with Gasteiger partial charge in [-0.1, -0.05) is 0 Å². The van der Waals surface area contributed by atoms with Gasteiger partial charge in [-0.15, -0.1) is 0 Å². The molecule has 1 aromatic rings. The normalized spacial score (nSPS) is 11.1. The number of carbonyl (C=O) groups is 1. The smallest absolute Gasteiger partial charge is 0.422 e. The van der Waals surface area contributed by atoms with E-state index in [-0.39, 0.29) is 22.9 Å². The maximum absolute atomic E-state index is 12.0. The molecule has 0 saturated carbocycles. The van der Waals surface area contributed by atoms with Gasteiger partial charge >= 0.3 is 6.18 Å². The zero-order chi connectivity index (χ0) is 13.8. The Labute approximate surface area is 102 Å². The summed E-state index contributed by atoms with van der Waals surface area (Å²) >= 11 is 0. The minimum absolute atomic E-state index is 0.0111. The van der Waals surface area contributed by atoms with Crippen molar-refractivity contribution in [2.45, 2.75) is 13.1 Å². The topological polar surface area (TPSA) is 64.3 Å². The molecule has 3 N–H and O–H groups in total. The first-order valence-corrected chi connectivity index (χ1v) is 5.20. The Bertz CT molecular complexity index is 433. The highest BCUT2D eigenvalue weighted by Crippen LogP contribution is 2.25. The number of nitrogens with one attached hydrogen (secondary N) is 1. The van der Waals surface area contributed by atoms with Crippen LogP contribution in [0.3, 0.4) is 0 Å². The lowest BCUT2D eigenvalue weighted by Gasteiger charge is -2.12. The number of alkyl halides is 3. The lowest BCUT2D eigenvalue weighted by molar-refractivity contribution is -0.153. The highest BCUT2D eigenvalue weighted by Gasteiger charge is 2.28. The predicted octanol–water partition coefficient (Wildman–Crippen LogP) is 1.96. The predicted molar refractivity (Wildman–Crippen MR) is 60.4 cm³/mol. The summed E-state index contributed by atoms with van der Waals surface area (Å²) in [4.78, 5) is 11.4. The maximum atomic E-state index is 12.0. The summed E-state index contributed by atoms with van der Waals surface area (Å²) in [5.41, 5.74) is 5.77. The molecule has 0 unspecified atom stereocenters. The molecule has 0 aliphatic rings. The molecule has 0 spiro atoms. The number of ether oxygens (including phenoxy) is 1. The van der Waals surface area contributed by atoms with E-state index >= 15 is 0 Å². The highest BCUT2D eigenvalue weighted by molar-refractivity contribution is 5.95. The highest BCUT2D eigenvalue weighted by atomic mass is 19.4. The third-order valence-corrected chi connectivity index (χ3v) is 2.00. The first-order valence-electron chi connectivity index (χ1n) is 5.20. The van der Waals surface area contributed by atoms with E-state index in [1.165, 1.54) is 18.2 Å². The van der Waals surface area contributed by atoms with Crippen LogP contribution in [-0.2, 0) is 0 Å². The molecule has 1 rings (SSSR count). The Kier molecular flexibility index (Phi) is 4.41. The second-order valence-electron chi connectivity index (χ2n) is 3.52. The number of nitrogen functional groups attached to an aromatic ring is 1. The Hall–Kier alpha value is -1.92. The van der Waals surface area contributed by atoms with E-state index in [9.17, 15) is 18.0 Å². The van der Waals surface area contributed by atoms with Crippen LogP contribution in [0.5, 0.6) is 5.75 Å². The summed E-state index contributed by atoms with van der Waals surface area (Å²) in [6.07, 6.45) is -4.43. The molecule has 0 bridgehead atoms. The molecular weight excluding hydrogens is 249 g/mol. The lowest BCUT2D eigenvalue weighted by atomic mass is 10.2. The van der Waals surface area contributed by atoms with E-state index in [0.717, 1.165) is 0 Å². The zero-order valence-electron chi connectivity index (χ0n) is 9.67. The van der Waals surface area contributed by atoms with Crippen molar-refractivity contribution in [2.24, 2.45) is 0 Å². The van der Waals surface area contributed by atoms with Gasteiger partial charge < -0.3 is 15.8 Å². The number of hydrogen-bond donors (Lipinski definition) is 2. The molecular formula is C11H13F3N2O2. The molecule has 100 valence electrons. The fourth-order valence-corrected chi connectivity index (χ4v) is 1.24.